The van der Waals surface area contributed by atoms with E-state index in [0.717, 1.165) is 10.1 Å². The Hall–Kier alpha value is -3.22. The molecule has 1 aliphatic rings. The van der Waals surface area contributed by atoms with E-state index in [4.69, 9.17) is 12.2 Å². The molecule has 0 bridgehead atoms. The molecule has 7 nitrogen and oxygen atoms in total. The molecule has 0 radical (unpaired) electrons. The van der Waals surface area contributed by atoms with Gasteiger partial charge in [-0.2, -0.15) is 5.26 Å². The standard InChI is InChI=1S/C24H23N3O4S2/c1-4-14(2)27-21(29)17(13-25)15(3)20(23(27)31)18(28)10-11-26-22(30)19(33-24(26)32)12-16-8-6-5-7-9-16/h5-9,12,14,31H,4,10-11H2,1-3H3/b19-12-. The molecule has 1 aromatic carbocycles. The fourth-order valence-electron chi connectivity index (χ4n) is 3.58. The summed E-state index contributed by atoms with van der Waals surface area (Å²) in [6.45, 7) is 5.06. The Morgan fingerprint density at radius 3 is 2.58 bits per heavy atom. The molecule has 33 heavy (non-hydrogen) atoms. The molecule has 1 saturated heterocycles. The zero-order valence-corrected chi connectivity index (χ0v) is 20.1. The monoisotopic (exact) mass is 481 g/mol. The molecule has 1 aromatic heterocycles. The van der Waals surface area contributed by atoms with E-state index in [-0.39, 0.29) is 35.6 Å². The van der Waals surface area contributed by atoms with Crippen LogP contribution in [0.15, 0.2) is 40.0 Å². The van der Waals surface area contributed by atoms with Crippen LogP contribution in [0.4, 0.5) is 0 Å². The minimum atomic E-state index is -0.624. The number of thioether (sulfide) groups is 1. The zero-order chi connectivity index (χ0) is 24.3. The second-order valence-electron chi connectivity index (χ2n) is 7.66. The van der Waals surface area contributed by atoms with Crippen LogP contribution in [0, 0.1) is 18.3 Å². The third kappa shape index (κ3) is 4.77. The van der Waals surface area contributed by atoms with Crippen molar-refractivity contribution in [1.29, 1.82) is 5.26 Å². The molecule has 9 heteroatoms. The number of aromatic nitrogens is 1. The predicted octanol–water partition coefficient (Wildman–Crippen LogP) is 4.18. The number of rotatable bonds is 7. The summed E-state index contributed by atoms with van der Waals surface area (Å²) in [5.74, 6) is -1.21. The van der Waals surface area contributed by atoms with Crippen molar-refractivity contribution in [1.82, 2.24) is 9.47 Å². The molecule has 2 heterocycles. The quantitative estimate of drug-likeness (QED) is 0.359. The SMILES string of the molecule is CCC(C)n1c(O)c(C(=O)CCN2C(=O)/C(=C/c3ccccc3)SC2=S)c(C)c(C#N)c1=O. The average Bonchev–Trinajstić information content (AvgIpc) is 3.05. The van der Waals surface area contributed by atoms with Crippen LogP contribution < -0.4 is 5.56 Å². The van der Waals surface area contributed by atoms with Crippen molar-refractivity contribution in [3.8, 4) is 11.9 Å². The van der Waals surface area contributed by atoms with Crippen LogP contribution in [-0.2, 0) is 4.79 Å². The molecule has 0 saturated carbocycles. The normalized spacial score (nSPS) is 15.7. The summed E-state index contributed by atoms with van der Waals surface area (Å²) in [5, 5.41) is 20.2. The lowest BCUT2D eigenvalue weighted by molar-refractivity contribution is -0.122. The van der Waals surface area contributed by atoms with E-state index in [2.05, 4.69) is 0 Å². The lowest BCUT2D eigenvalue weighted by Crippen LogP contribution is -2.32. The number of amides is 1. The molecule has 1 N–H and O–H groups in total. The Morgan fingerprint density at radius 2 is 1.97 bits per heavy atom. The van der Waals surface area contributed by atoms with Crippen molar-refractivity contribution in [2.75, 3.05) is 6.54 Å². The number of hydrogen-bond donors (Lipinski definition) is 1. The van der Waals surface area contributed by atoms with Gasteiger partial charge in [0, 0.05) is 19.0 Å². The van der Waals surface area contributed by atoms with E-state index in [9.17, 15) is 24.8 Å². The fourth-order valence-corrected chi connectivity index (χ4v) is 4.89. The first-order valence-electron chi connectivity index (χ1n) is 10.4. The van der Waals surface area contributed by atoms with Crippen molar-refractivity contribution in [3.05, 3.63) is 67.8 Å². The van der Waals surface area contributed by atoms with Crippen molar-refractivity contribution in [2.45, 2.75) is 39.7 Å². The Kier molecular flexibility index (Phi) is 7.51. The predicted molar refractivity (Wildman–Crippen MR) is 132 cm³/mol. The van der Waals surface area contributed by atoms with Crippen LogP contribution in [0.5, 0.6) is 5.88 Å². The number of benzene rings is 1. The Balaban J connectivity index is 1.86. The van der Waals surface area contributed by atoms with Crippen LogP contribution in [0.25, 0.3) is 6.08 Å². The number of thiocarbonyl (C=S) groups is 1. The summed E-state index contributed by atoms with van der Waals surface area (Å²) in [5.41, 5.74) is 0.135. The van der Waals surface area contributed by atoms with Gasteiger partial charge in [0.1, 0.15) is 16.0 Å². The highest BCUT2D eigenvalue weighted by molar-refractivity contribution is 8.26. The third-order valence-electron chi connectivity index (χ3n) is 5.59. The van der Waals surface area contributed by atoms with Crippen molar-refractivity contribution in [2.24, 2.45) is 0 Å². The van der Waals surface area contributed by atoms with Gasteiger partial charge in [-0.1, -0.05) is 61.2 Å². The summed E-state index contributed by atoms with van der Waals surface area (Å²) < 4.78 is 1.43. The number of Topliss-reactive ketones (excluding diaryl/α,β-unsaturated/α-hetero) is 1. The van der Waals surface area contributed by atoms with Crippen molar-refractivity contribution >= 4 is 46.1 Å². The number of pyridine rings is 1. The van der Waals surface area contributed by atoms with Gasteiger partial charge in [0.25, 0.3) is 11.5 Å². The summed E-state index contributed by atoms with van der Waals surface area (Å²) >= 11 is 6.50. The Labute approximate surface area is 201 Å². The van der Waals surface area contributed by atoms with E-state index in [1.807, 2.05) is 43.3 Å². The molecule has 0 spiro atoms. The second kappa shape index (κ2) is 10.1. The Morgan fingerprint density at radius 1 is 1.30 bits per heavy atom. The first-order chi connectivity index (χ1) is 15.7. The number of aromatic hydroxyl groups is 1. The van der Waals surface area contributed by atoms with Gasteiger partial charge in [0.2, 0.25) is 5.88 Å². The molecule has 0 aliphatic carbocycles. The molecular formula is C24H23N3O4S2. The third-order valence-corrected chi connectivity index (χ3v) is 6.97. The van der Waals surface area contributed by atoms with E-state index in [0.29, 0.717) is 15.6 Å². The van der Waals surface area contributed by atoms with Gasteiger partial charge in [0.05, 0.1) is 10.5 Å². The molecule has 170 valence electrons. The second-order valence-corrected chi connectivity index (χ2v) is 9.34. The molecule has 3 rings (SSSR count). The van der Waals surface area contributed by atoms with Crippen LogP contribution in [0.1, 0.15) is 59.8 Å². The summed E-state index contributed by atoms with van der Waals surface area (Å²) in [6.07, 6.45) is 2.15. The lowest BCUT2D eigenvalue weighted by atomic mass is 9.99. The van der Waals surface area contributed by atoms with Gasteiger partial charge in [-0.15, -0.1) is 0 Å². The number of carbonyl (C=O) groups is 2. The van der Waals surface area contributed by atoms with Gasteiger partial charge >= 0.3 is 0 Å². The number of nitriles is 1. The van der Waals surface area contributed by atoms with E-state index < -0.39 is 23.3 Å². The van der Waals surface area contributed by atoms with Gasteiger partial charge in [-0.05, 0) is 37.5 Å². The highest BCUT2D eigenvalue weighted by atomic mass is 32.2. The molecule has 1 unspecified atom stereocenters. The van der Waals surface area contributed by atoms with Crippen LogP contribution >= 0.6 is 24.0 Å². The molecule has 1 atom stereocenters. The lowest BCUT2D eigenvalue weighted by Gasteiger charge is -2.20. The minimum Gasteiger partial charge on any atom is -0.494 e. The maximum Gasteiger partial charge on any atom is 0.271 e. The van der Waals surface area contributed by atoms with E-state index in [1.54, 1.807) is 13.0 Å². The first kappa shape index (κ1) is 24.4. The van der Waals surface area contributed by atoms with Crippen LogP contribution in [0.3, 0.4) is 0 Å². The highest BCUT2D eigenvalue weighted by Gasteiger charge is 2.33. The molecule has 2 aromatic rings. The zero-order valence-electron chi connectivity index (χ0n) is 18.5. The van der Waals surface area contributed by atoms with Gasteiger partial charge in [0.15, 0.2) is 5.78 Å². The largest absolute Gasteiger partial charge is 0.494 e. The topological polar surface area (TPSA) is 103 Å². The average molecular weight is 482 g/mol. The number of carbonyl (C=O) groups excluding carboxylic acids is 2. The highest BCUT2D eigenvalue weighted by Crippen LogP contribution is 2.33. The van der Waals surface area contributed by atoms with E-state index >= 15 is 0 Å². The van der Waals surface area contributed by atoms with Crippen LogP contribution in [0.2, 0.25) is 0 Å². The summed E-state index contributed by atoms with van der Waals surface area (Å²) in [7, 11) is 0. The minimum absolute atomic E-state index is 0.0266. The maximum absolute atomic E-state index is 13.1. The fraction of sp³-hybridized carbons (Fsp3) is 0.292. The maximum atomic E-state index is 13.1. The van der Waals surface area contributed by atoms with Gasteiger partial charge in [-0.25, -0.2) is 0 Å². The molecule has 1 amide bonds. The molecule has 1 aliphatic heterocycles. The smallest absolute Gasteiger partial charge is 0.271 e. The number of hydrogen-bond acceptors (Lipinski definition) is 7. The van der Waals surface area contributed by atoms with Crippen molar-refractivity contribution < 1.29 is 14.7 Å². The number of ketones is 1. The van der Waals surface area contributed by atoms with Gasteiger partial charge < -0.3 is 5.11 Å². The van der Waals surface area contributed by atoms with Crippen molar-refractivity contribution in [3.63, 3.8) is 0 Å². The van der Waals surface area contributed by atoms with Gasteiger partial charge in [-0.3, -0.25) is 23.9 Å². The van der Waals surface area contributed by atoms with Crippen LogP contribution in [-0.4, -0.2) is 37.1 Å². The summed E-state index contributed by atoms with van der Waals surface area (Å²) in [4.78, 5) is 40.4. The van der Waals surface area contributed by atoms with E-state index in [1.165, 1.54) is 23.6 Å². The number of nitrogens with zero attached hydrogens (tertiary/aromatic N) is 3. The Bertz CT molecular complexity index is 1260. The molecule has 1 fully saturated rings. The summed E-state index contributed by atoms with van der Waals surface area (Å²) in [6, 6.07) is 10.8. The molecular weight excluding hydrogens is 458 g/mol. The first-order valence-corrected chi connectivity index (χ1v) is 11.6.